The Kier molecular flexibility index (Phi) is 7.35. The van der Waals surface area contributed by atoms with E-state index in [4.69, 9.17) is 11.6 Å². The molecule has 0 unspecified atom stereocenters. The lowest BCUT2D eigenvalue weighted by Gasteiger charge is -2.40. The number of halogens is 4. The number of amides is 2. The Labute approximate surface area is 228 Å². The number of carbonyl (C=O) groups is 2. The highest BCUT2D eigenvalue weighted by molar-refractivity contribution is 6.21. The van der Waals surface area contributed by atoms with Gasteiger partial charge in [-0.05, 0) is 55.5 Å². The normalized spacial score (nSPS) is 26.5. The summed E-state index contributed by atoms with van der Waals surface area (Å²) in [5.74, 6) is -3.96. The summed E-state index contributed by atoms with van der Waals surface area (Å²) in [6, 6.07) is 8.43. The topological polar surface area (TPSA) is 95.4 Å². The van der Waals surface area contributed by atoms with Crippen LogP contribution in [0.5, 0.6) is 0 Å². The van der Waals surface area contributed by atoms with E-state index >= 15 is 0 Å². The van der Waals surface area contributed by atoms with E-state index in [2.05, 4.69) is 15.3 Å². The van der Waals surface area contributed by atoms with Gasteiger partial charge < -0.3 is 15.3 Å². The fraction of sp³-hybridized carbons (Fsp3) is 0.357. The number of carbonyl (C=O) groups excluding carboxylic acids is 2. The molecule has 204 valence electrons. The number of aliphatic hydroxyl groups is 1. The summed E-state index contributed by atoms with van der Waals surface area (Å²) in [5, 5.41) is 13.7. The average Bonchev–Trinajstić information content (AvgIpc) is 3.12. The Hall–Kier alpha value is -3.50. The van der Waals surface area contributed by atoms with Crippen LogP contribution in [-0.2, 0) is 10.4 Å². The van der Waals surface area contributed by atoms with Gasteiger partial charge in [-0.2, -0.15) is 0 Å². The Morgan fingerprint density at radius 2 is 1.95 bits per heavy atom. The van der Waals surface area contributed by atoms with Crippen LogP contribution in [0.3, 0.4) is 0 Å². The fourth-order valence-corrected chi connectivity index (χ4v) is 5.96. The zero-order valence-electron chi connectivity index (χ0n) is 20.9. The van der Waals surface area contributed by atoms with Gasteiger partial charge in [-0.1, -0.05) is 12.1 Å². The fourth-order valence-electron chi connectivity index (χ4n) is 5.59. The first-order valence-electron chi connectivity index (χ1n) is 12.5. The molecule has 2 N–H and O–H groups in total. The van der Waals surface area contributed by atoms with E-state index < -0.39 is 52.9 Å². The predicted octanol–water partition coefficient (Wildman–Crippen LogP) is 4.20. The van der Waals surface area contributed by atoms with Crippen LogP contribution in [0.15, 0.2) is 61.2 Å². The number of benzene rings is 1. The molecular weight excluding hydrogens is 533 g/mol. The molecule has 0 radical (unpaired) electrons. The molecule has 0 saturated heterocycles. The molecule has 0 spiro atoms. The first-order chi connectivity index (χ1) is 18.6. The Balaban J connectivity index is 1.41. The van der Waals surface area contributed by atoms with Gasteiger partial charge in [-0.3, -0.25) is 19.6 Å². The van der Waals surface area contributed by atoms with E-state index in [0.29, 0.717) is 5.69 Å². The molecule has 3 aromatic rings. The number of aryl methyl sites for hydroxylation is 1. The number of pyridine rings is 2. The van der Waals surface area contributed by atoms with Gasteiger partial charge in [-0.25, -0.2) is 13.2 Å². The highest BCUT2D eigenvalue weighted by atomic mass is 35.5. The molecule has 1 aliphatic carbocycles. The molecule has 1 aromatic carbocycles. The molecule has 2 amide bonds. The van der Waals surface area contributed by atoms with Crippen molar-refractivity contribution >= 4 is 29.1 Å². The first kappa shape index (κ1) is 27.1. The van der Waals surface area contributed by atoms with Crippen LogP contribution >= 0.6 is 11.6 Å². The van der Waals surface area contributed by atoms with Gasteiger partial charge in [0.05, 0.1) is 17.4 Å². The van der Waals surface area contributed by atoms with Gasteiger partial charge in [0.15, 0.2) is 5.60 Å². The monoisotopic (exact) mass is 558 g/mol. The van der Waals surface area contributed by atoms with E-state index in [9.17, 15) is 27.9 Å². The van der Waals surface area contributed by atoms with E-state index in [1.165, 1.54) is 35.6 Å². The molecule has 2 aromatic heterocycles. The number of aromatic nitrogens is 2. The number of fused-ring (bicyclic) bond motifs is 1. The Morgan fingerprint density at radius 1 is 1.18 bits per heavy atom. The van der Waals surface area contributed by atoms with Crippen molar-refractivity contribution in [3.8, 4) is 0 Å². The highest BCUT2D eigenvalue weighted by Crippen LogP contribution is 2.47. The third kappa shape index (κ3) is 4.87. The van der Waals surface area contributed by atoms with Gasteiger partial charge in [0.1, 0.15) is 5.82 Å². The van der Waals surface area contributed by atoms with Gasteiger partial charge in [0.2, 0.25) is 6.43 Å². The van der Waals surface area contributed by atoms with Crippen LogP contribution in [-0.4, -0.2) is 51.3 Å². The number of nitrogens with one attached hydrogen (secondary N) is 1. The second-order valence-electron chi connectivity index (χ2n) is 10.1. The molecule has 11 heteroatoms. The third-order valence-electron chi connectivity index (χ3n) is 7.61. The maximum absolute atomic E-state index is 14.8. The van der Waals surface area contributed by atoms with Crippen LogP contribution in [0.25, 0.3) is 0 Å². The SMILES string of the molecule is Cc1ccc2c(c1)N(C[C@H]1C[C@@H](C(F)F)[C@H](NC(=O)c3cccnc3)C[C@H]1Cl)C(=O)[C@]2(O)c1ccncc1F. The second kappa shape index (κ2) is 10.6. The van der Waals surface area contributed by atoms with E-state index in [-0.39, 0.29) is 36.1 Å². The Bertz CT molecular complexity index is 1400. The standard InChI is InChI=1S/C28H26ClF3N4O3/c1-15-4-5-20-24(9-15)36(27(38)28(20,39)19-6-8-34-13-22(19)30)14-17-10-18(25(31)32)23(11-21(17)29)35-26(37)16-3-2-7-33-12-16/h2-9,12-13,17-18,21,23,25,39H,10-11,14H2,1H3,(H,35,37)/t17-,18-,21-,23-,28+/m1/s1. The molecule has 7 nitrogen and oxygen atoms in total. The first-order valence-corrected chi connectivity index (χ1v) is 12.9. The van der Waals surface area contributed by atoms with Gasteiger partial charge in [0.25, 0.3) is 11.8 Å². The van der Waals surface area contributed by atoms with Crippen molar-refractivity contribution in [2.24, 2.45) is 11.8 Å². The Morgan fingerprint density at radius 3 is 2.64 bits per heavy atom. The van der Waals surface area contributed by atoms with Crippen LogP contribution in [0, 0.1) is 24.6 Å². The van der Waals surface area contributed by atoms with Crippen molar-refractivity contribution in [2.45, 2.75) is 43.2 Å². The number of anilines is 1. The lowest BCUT2D eigenvalue weighted by atomic mass is 9.77. The van der Waals surface area contributed by atoms with Crippen molar-refractivity contribution in [3.63, 3.8) is 0 Å². The number of hydrogen-bond donors (Lipinski definition) is 2. The molecule has 1 aliphatic heterocycles. The molecule has 3 heterocycles. The van der Waals surface area contributed by atoms with Crippen LogP contribution in [0.1, 0.15) is 39.9 Å². The molecule has 2 aliphatic rings. The summed E-state index contributed by atoms with van der Waals surface area (Å²) in [4.78, 5) is 35.3. The summed E-state index contributed by atoms with van der Waals surface area (Å²) in [5.41, 5.74) is -0.962. The molecule has 5 rings (SSSR count). The zero-order chi connectivity index (χ0) is 27.9. The summed E-state index contributed by atoms with van der Waals surface area (Å²) in [6.07, 6.45) is 2.28. The molecule has 1 fully saturated rings. The minimum Gasteiger partial charge on any atom is -0.372 e. The predicted molar refractivity (Wildman–Crippen MR) is 138 cm³/mol. The zero-order valence-corrected chi connectivity index (χ0v) is 21.7. The van der Waals surface area contributed by atoms with Gasteiger partial charge in [-0.15, -0.1) is 11.6 Å². The van der Waals surface area contributed by atoms with Crippen LogP contribution in [0.2, 0.25) is 0 Å². The summed E-state index contributed by atoms with van der Waals surface area (Å²) in [6.45, 7) is 1.74. The lowest BCUT2D eigenvalue weighted by molar-refractivity contribution is -0.132. The molecule has 0 bridgehead atoms. The average molecular weight is 559 g/mol. The summed E-state index contributed by atoms with van der Waals surface area (Å²) in [7, 11) is 0. The van der Waals surface area contributed by atoms with E-state index in [1.807, 2.05) is 0 Å². The molecule has 1 saturated carbocycles. The number of rotatable bonds is 6. The number of alkyl halides is 3. The summed E-state index contributed by atoms with van der Waals surface area (Å²) < 4.78 is 43.2. The quantitative estimate of drug-likeness (QED) is 0.442. The third-order valence-corrected chi connectivity index (χ3v) is 8.15. The largest absolute Gasteiger partial charge is 0.372 e. The smallest absolute Gasteiger partial charge is 0.268 e. The van der Waals surface area contributed by atoms with Crippen LogP contribution < -0.4 is 10.2 Å². The highest BCUT2D eigenvalue weighted by Gasteiger charge is 2.53. The van der Waals surface area contributed by atoms with E-state index in [0.717, 1.165) is 11.8 Å². The summed E-state index contributed by atoms with van der Waals surface area (Å²) >= 11 is 6.70. The molecular formula is C28H26ClF3N4O3. The number of hydrogen-bond acceptors (Lipinski definition) is 5. The second-order valence-corrected chi connectivity index (χ2v) is 10.6. The minimum atomic E-state index is -2.75. The molecule has 5 atom stereocenters. The maximum Gasteiger partial charge on any atom is 0.268 e. The van der Waals surface area contributed by atoms with Crippen molar-refractivity contribution in [1.82, 2.24) is 15.3 Å². The van der Waals surface area contributed by atoms with Crippen molar-refractivity contribution in [2.75, 3.05) is 11.4 Å². The van der Waals surface area contributed by atoms with Crippen molar-refractivity contribution < 1.29 is 27.9 Å². The van der Waals surface area contributed by atoms with Crippen molar-refractivity contribution in [3.05, 3.63) is 89.3 Å². The van der Waals surface area contributed by atoms with Gasteiger partial charge >= 0.3 is 0 Å². The number of nitrogens with zero attached hydrogens (tertiary/aromatic N) is 3. The lowest BCUT2D eigenvalue weighted by Crippen LogP contribution is -2.52. The van der Waals surface area contributed by atoms with Gasteiger partial charge in [0, 0.05) is 53.6 Å². The van der Waals surface area contributed by atoms with Crippen molar-refractivity contribution in [1.29, 1.82) is 0 Å². The van der Waals surface area contributed by atoms with E-state index in [1.54, 1.807) is 31.2 Å². The van der Waals surface area contributed by atoms with Crippen LogP contribution in [0.4, 0.5) is 18.9 Å². The maximum atomic E-state index is 14.8. The molecule has 39 heavy (non-hydrogen) atoms. The minimum absolute atomic E-state index is 0.0547.